The smallest absolute Gasteiger partial charge is 0.227 e. The van der Waals surface area contributed by atoms with Gasteiger partial charge < -0.3 is 15.4 Å². The van der Waals surface area contributed by atoms with Crippen LogP contribution in [-0.2, 0) is 9.53 Å². The number of carbonyl (C=O) groups excluding carboxylic acids is 1. The van der Waals surface area contributed by atoms with E-state index in [1.807, 2.05) is 11.8 Å². The zero-order valence-electron chi connectivity index (χ0n) is 12.2. The third-order valence-electron chi connectivity index (χ3n) is 3.46. The molecule has 0 saturated carbocycles. The molecule has 2 atom stereocenters. The highest BCUT2D eigenvalue weighted by atomic mass is 32.2. The first kappa shape index (κ1) is 16.8. The molecule has 1 rings (SSSR count). The van der Waals surface area contributed by atoms with Crippen LogP contribution in [0, 0.1) is 5.92 Å². The standard InChI is InChI=1S/C14H28N2O2S/c1-3-15-13-11-18-10-12(13)14(17)16-8-6-4-5-7-9-19-2/h12-13,15H,3-11H2,1-2H3,(H,16,17). The predicted octanol–water partition coefficient (Wildman–Crippen LogP) is 1.65. The molecule has 112 valence electrons. The van der Waals surface area contributed by atoms with Crippen LogP contribution in [0.5, 0.6) is 0 Å². The fraction of sp³-hybridized carbons (Fsp3) is 0.929. The number of hydrogen-bond acceptors (Lipinski definition) is 4. The molecule has 5 heteroatoms. The minimum atomic E-state index is -0.0172. The van der Waals surface area contributed by atoms with Crippen LogP contribution in [0.1, 0.15) is 32.6 Å². The first-order valence-corrected chi connectivity index (χ1v) is 8.76. The van der Waals surface area contributed by atoms with Gasteiger partial charge in [0.2, 0.25) is 5.91 Å². The van der Waals surface area contributed by atoms with Crippen LogP contribution in [0.25, 0.3) is 0 Å². The van der Waals surface area contributed by atoms with Crippen LogP contribution in [0.2, 0.25) is 0 Å². The highest BCUT2D eigenvalue weighted by Gasteiger charge is 2.32. The van der Waals surface area contributed by atoms with Crippen molar-refractivity contribution in [2.75, 3.05) is 38.3 Å². The van der Waals surface area contributed by atoms with Crippen LogP contribution < -0.4 is 10.6 Å². The first-order valence-electron chi connectivity index (χ1n) is 7.37. The molecule has 0 aromatic heterocycles. The molecule has 1 aliphatic rings. The van der Waals surface area contributed by atoms with Crippen LogP contribution in [-0.4, -0.2) is 50.3 Å². The summed E-state index contributed by atoms with van der Waals surface area (Å²) in [6.45, 7) is 4.94. The summed E-state index contributed by atoms with van der Waals surface area (Å²) < 4.78 is 5.39. The second-order valence-corrected chi connectivity index (χ2v) is 5.99. The Kier molecular flexibility index (Phi) is 9.30. The van der Waals surface area contributed by atoms with Crippen LogP contribution in [0.15, 0.2) is 0 Å². The lowest BCUT2D eigenvalue weighted by molar-refractivity contribution is -0.125. The van der Waals surface area contributed by atoms with Crippen LogP contribution in [0.3, 0.4) is 0 Å². The van der Waals surface area contributed by atoms with Gasteiger partial charge in [-0.2, -0.15) is 11.8 Å². The van der Waals surface area contributed by atoms with Crippen molar-refractivity contribution in [1.29, 1.82) is 0 Å². The van der Waals surface area contributed by atoms with Gasteiger partial charge in [0.25, 0.3) is 0 Å². The Morgan fingerprint density at radius 2 is 2.05 bits per heavy atom. The van der Waals surface area contributed by atoms with Crippen molar-refractivity contribution in [2.24, 2.45) is 5.92 Å². The SMILES string of the molecule is CCNC1COCC1C(=O)NCCCCCCSC. The van der Waals surface area contributed by atoms with Crippen molar-refractivity contribution in [2.45, 2.75) is 38.6 Å². The minimum absolute atomic E-state index is 0.0172. The molecule has 1 aliphatic heterocycles. The van der Waals surface area contributed by atoms with Gasteiger partial charge in [-0.3, -0.25) is 4.79 Å². The van der Waals surface area contributed by atoms with E-state index in [9.17, 15) is 4.79 Å². The highest BCUT2D eigenvalue weighted by Crippen LogP contribution is 2.13. The molecule has 0 spiro atoms. The molecule has 2 N–H and O–H groups in total. The predicted molar refractivity (Wildman–Crippen MR) is 81.6 cm³/mol. The Morgan fingerprint density at radius 3 is 2.79 bits per heavy atom. The van der Waals surface area contributed by atoms with Gasteiger partial charge in [-0.05, 0) is 31.4 Å². The third kappa shape index (κ3) is 6.63. The van der Waals surface area contributed by atoms with Crippen molar-refractivity contribution < 1.29 is 9.53 Å². The number of thioether (sulfide) groups is 1. The van der Waals surface area contributed by atoms with E-state index in [0.717, 1.165) is 19.5 Å². The minimum Gasteiger partial charge on any atom is -0.379 e. The normalized spacial score (nSPS) is 22.6. The number of likely N-dealkylation sites (N-methyl/N-ethyl adjacent to an activating group) is 1. The van der Waals surface area contributed by atoms with E-state index in [1.165, 1.54) is 25.0 Å². The number of nitrogens with one attached hydrogen (secondary N) is 2. The monoisotopic (exact) mass is 288 g/mol. The maximum Gasteiger partial charge on any atom is 0.227 e. The Hall–Kier alpha value is -0.260. The summed E-state index contributed by atoms with van der Waals surface area (Å²) in [5, 5.41) is 6.35. The number of rotatable bonds is 10. The molecule has 0 radical (unpaired) electrons. The molecule has 1 fully saturated rings. The number of carbonyl (C=O) groups is 1. The van der Waals surface area contributed by atoms with Crippen molar-refractivity contribution in [1.82, 2.24) is 10.6 Å². The summed E-state index contributed by atoms with van der Waals surface area (Å²) in [5.41, 5.74) is 0. The molecule has 1 saturated heterocycles. The van der Waals surface area contributed by atoms with E-state index >= 15 is 0 Å². The van der Waals surface area contributed by atoms with Gasteiger partial charge in [-0.1, -0.05) is 19.8 Å². The highest BCUT2D eigenvalue weighted by molar-refractivity contribution is 7.98. The largest absolute Gasteiger partial charge is 0.379 e. The molecular formula is C14H28N2O2S. The summed E-state index contributed by atoms with van der Waals surface area (Å²) in [6, 6.07) is 0.187. The Labute approximate surface area is 121 Å². The summed E-state index contributed by atoms with van der Waals surface area (Å²) in [6.07, 6.45) is 6.99. The number of hydrogen-bond donors (Lipinski definition) is 2. The van der Waals surface area contributed by atoms with Gasteiger partial charge in [0, 0.05) is 12.6 Å². The quantitative estimate of drug-likeness (QED) is 0.600. The van der Waals surface area contributed by atoms with Gasteiger partial charge in [-0.15, -0.1) is 0 Å². The van der Waals surface area contributed by atoms with E-state index in [2.05, 4.69) is 23.8 Å². The first-order chi connectivity index (χ1) is 9.29. The molecule has 0 aromatic carbocycles. The maximum absolute atomic E-state index is 12.0. The Balaban J connectivity index is 2.07. The van der Waals surface area contributed by atoms with E-state index in [0.29, 0.717) is 13.2 Å². The van der Waals surface area contributed by atoms with Crippen molar-refractivity contribution in [3.05, 3.63) is 0 Å². The van der Waals surface area contributed by atoms with Crippen molar-refractivity contribution in [3.63, 3.8) is 0 Å². The molecule has 0 aliphatic carbocycles. The Bertz CT molecular complexity index is 252. The van der Waals surface area contributed by atoms with Crippen LogP contribution >= 0.6 is 11.8 Å². The Morgan fingerprint density at radius 1 is 1.26 bits per heavy atom. The molecule has 0 aromatic rings. The maximum atomic E-state index is 12.0. The zero-order valence-corrected chi connectivity index (χ0v) is 13.1. The average Bonchev–Trinajstić information content (AvgIpc) is 2.86. The van der Waals surface area contributed by atoms with Gasteiger partial charge in [-0.25, -0.2) is 0 Å². The fourth-order valence-electron chi connectivity index (χ4n) is 2.34. The van der Waals surface area contributed by atoms with Gasteiger partial charge in [0.05, 0.1) is 19.1 Å². The molecule has 1 heterocycles. The molecule has 0 bridgehead atoms. The molecule has 1 amide bonds. The second kappa shape index (κ2) is 10.5. The summed E-state index contributed by atoms with van der Waals surface area (Å²) >= 11 is 1.90. The topological polar surface area (TPSA) is 50.4 Å². The lowest BCUT2D eigenvalue weighted by Crippen LogP contribution is -2.44. The fourth-order valence-corrected chi connectivity index (χ4v) is 2.84. The number of ether oxygens (including phenoxy) is 1. The number of amides is 1. The molecule has 2 unspecified atom stereocenters. The van der Waals surface area contributed by atoms with Crippen LogP contribution in [0.4, 0.5) is 0 Å². The lowest BCUT2D eigenvalue weighted by atomic mass is 10.0. The summed E-state index contributed by atoms with van der Waals surface area (Å²) in [5.74, 6) is 1.37. The number of unbranched alkanes of at least 4 members (excludes halogenated alkanes) is 3. The molecular weight excluding hydrogens is 260 g/mol. The molecule has 19 heavy (non-hydrogen) atoms. The second-order valence-electron chi connectivity index (χ2n) is 5.01. The van der Waals surface area contributed by atoms with E-state index in [4.69, 9.17) is 4.74 Å². The van der Waals surface area contributed by atoms with Gasteiger partial charge in [0.1, 0.15) is 0 Å². The average molecular weight is 288 g/mol. The molecule has 4 nitrogen and oxygen atoms in total. The summed E-state index contributed by atoms with van der Waals surface area (Å²) in [7, 11) is 0. The van der Waals surface area contributed by atoms with E-state index in [1.54, 1.807) is 0 Å². The van der Waals surface area contributed by atoms with Gasteiger partial charge in [0.15, 0.2) is 0 Å². The van der Waals surface area contributed by atoms with Crippen molar-refractivity contribution >= 4 is 17.7 Å². The third-order valence-corrected chi connectivity index (χ3v) is 4.15. The summed E-state index contributed by atoms with van der Waals surface area (Å²) in [4.78, 5) is 12.0. The lowest BCUT2D eigenvalue weighted by Gasteiger charge is -2.17. The van der Waals surface area contributed by atoms with E-state index < -0.39 is 0 Å². The van der Waals surface area contributed by atoms with Gasteiger partial charge >= 0.3 is 0 Å². The van der Waals surface area contributed by atoms with E-state index in [-0.39, 0.29) is 17.9 Å². The zero-order chi connectivity index (χ0) is 13.9. The van der Waals surface area contributed by atoms with Crippen molar-refractivity contribution in [3.8, 4) is 0 Å².